The van der Waals surface area contributed by atoms with Crippen molar-refractivity contribution < 1.29 is 4.42 Å². The maximum absolute atomic E-state index is 5.91. The summed E-state index contributed by atoms with van der Waals surface area (Å²) in [6, 6.07) is 18.9. The molecule has 4 heteroatoms. The van der Waals surface area contributed by atoms with E-state index in [0.717, 1.165) is 36.7 Å². The summed E-state index contributed by atoms with van der Waals surface area (Å²) in [5.41, 5.74) is 3.63. The van der Waals surface area contributed by atoms with Gasteiger partial charge in [-0.3, -0.25) is 4.90 Å². The van der Waals surface area contributed by atoms with E-state index in [0.29, 0.717) is 11.8 Å². The van der Waals surface area contributed by atoms with Crippen LogP contribution in [0.25, 0.3) is 11.5 Å². The molecule has 1 aliphatic rings. The number of hydrogen-bond acceptors (Lipinski definition) is 4. The van der Waals surface area contributed by atoms with E-state index in [1.807, 2.05) is 18.2 Å². The molecule has 0 amide bonds. The highest BCUT2D eigenvalue weighted by Crippen LogP contribution is 2.25. The highest BCUT2D eigenvalue weighted by molar-refractivity contribution is 5.57. The molecule has 0 aliphatic carbocycles. The fourth-order valence-corrected chi connectivity index (χ4v) is 3.73. The average molecular weight is 347 g/mol. The molecule has 1 aliphatic heterocycles. The van der Waals surface area contributed by atoms with Gasteiger partial charge in [0.15, 0.2) is 0 Å². The second kappa shape index (κ2) is 7.83. The Morgan fingerprint density at radius 1 is 0.962 bits per heavy atom. The molecule has 3 aromatic rings. The summed E-state index contributed by atoms with van der Waals surface area (Å²) in [5, 5.41) is 8.50. The van der Waals surface area contributed by atoms with Crippen LogP contribution in [-0.4, -0.2) is 28.2 Å². The van der Waals surface area contributed by atoms with Crippen molar-refractivity contribution in [1.29, 1.82) is 0 Å². The first-order valence-electron chi connectivity index (χ1n) is 9.42. The summed E-state index contributed by atoms with van der Waals surface area (Å²) in [6.45, 7) is 5.01. The highest BCUT2D eigenvalue weighted by atomic mass is 16.4. The molecular weight excluding hydrogens is 322 g/mol. The maximum atomic E-state index is 5.91. The maximum Gasteiger partial charge on any atom is 0.248 e. The molecule has 2 aromatic carbocycles. The lowest BCUT2D eigenvalue weighted by molar-refractivity contribution is 0.164. The van der Waals surface area contributed by atoms with Gasteiger partial charge in [-0.15, -0.1) is 10.2 Å². The fraction of sp³-hybridized carbons (Fsp3) is 0.364. The summed E-state index contributed by atoms with van der Waals surface area (Å²) in [6.07, 6.45) is 3.65. The number of likely N-dealkylation sites (tertiary alicyclic amines) is 1. The van der Waals surface area contributed by atoms with Crippen LogP contribution < -0.4 is 0 Å². The summed E-state index contributed by atoms with van der Waals surface area (Å²) >= 11 is 0. The summed E-state index contributed by atoms with van der Waals surface area (Å²) in [7, 11) is 0. The summed E-state index contributed by atoms with van der Waals surface area (Å²) in [4.78, 5) is 2.43. The highest BCUT2D eigenvalue weighted by Gasteiger charge is 2.21. The molecule has 0 unspecified atom stereocenters. The topological polar surface area (TPSA) is 42.2 Å². The zero-order valence-electron chi connectivity index (χ0n) is 15.3. The molecule has 1 saturated heterocycles. The van der Waals surface area contributed by atoms with Gasteiger partial charge in [0.1, 0.15) is 0 Å². The van der Waals surface area contributed by atoms with Crippen molar-refractivity contribution >= 4 is 0 Å². The fourth-order valence-electron chi connectivity index (χ4n) is 3.73. The molecule has 134 valence electrons. The van der Waals surface area contributed by atoms with Crippen LogP contribution in [0.1, 0.15) is 29.9 Å². The first kappa shape index (κ1) is 17.0. The van der Waals surface area contributed by atoms with Crippen molar-refractivity contribution in [3.8, 4) is 11.5 Å². The van der Waals surface area contributed by atoms with Crippen LogP contribution in [0.4, 0.5) is 0 Å². The van der Waals surface area contributed by atoms with Crippen molar-refractivity contribution in [2.75, 3.05) is 13.1 Å². The third kappa shape index (κ3) is 4.02. The number of aryl methyl sites for hydroxylation is 1. The lowest BCUT2D eigenvalue weighted by Crippen LogP contribution is -2.33. The Kier molecular flexibility index (Phi) is 5.12. The van der Waals surface area contributed by atoms with Crippen LogP contribution in [0.5, 0.6) is 0 Å². The van der Waals surface area contributed by atoms with Gasteiger partial charge in [0.2, 0.25) is 11.8 Å². The van der Waals surface area contributed by atoms with Gasteiger partial charge in [-0.25, -0.2) is 0 Å². The van der Waals surface area contributed by atoms with Crippen molar-refractivity contribution in [1.82, 2.24) is 15.1 Å². The minimum absolute atomic E-state index is 0.622. The molecule has 2 heterocycles. The van der Waals surface area contributed by atoms with E-state index in [1.54, 1.807) is 0 Å². The normalized spacial score (nSPS) is 16.0. The molecule has 0 saturated carbocycles. The first-order valence-corrected chi connectivity index (χ1v) is 9.42. The van der Waals surface area contributed by atoms with E-state index in [9.17, 15) is 0 Å². The largest absolute Gasteiger partial charge is 0.419 e. The standard InChI is InChI=1S/C22H25N3O/c1-17-7-5-6-10-20(17)22-24-23-21(26-22)16-25-13-11-19(12-14-25)15-18-8-3-2-4-9-18/h2-10,19H,11-16H2,1H3. The lowest BCUT2D eigenvalue weighted by atomic mass is 9.90. The van der Waals surface area contributed by atoms with Crippen molar-refractivity contribution in [2.45, 2.75) is 32.7 Å². The number of piperidine rings is 1. The first-order chi connectivity index (χ1) is 12.8. The predicted molar refractivity (Wildman–Crippen MR) is 103 cm³/mol. The van der Waals surface area contributed by atoms with Gasteiger partial charge in [-0.1, -0.05) is 48.5 Å². The molecule has 1 fully saturated rings. The zero-order chi connectivity index (χ0) is 17.8. The molecular formula is C22H25N3O. The number of benzene rings is 2. The second-order valence-corrected chi connectivity index (χ2v) is 7.23. The SMILES string of the molecule is Cc1ccccc1-c1nnc(CN2CCC(Cc3ccccc3)CC2)o1. The van der Waals surface area contributed by atoms with Crippen LogP contribution in [0.15, 0.2) is 59.0 Å². The Labute approximate surface area is 154 Å². The number of nitrogens with zero attached hydrogens (tertiary/aromatic N) is 3. The Morgan fingerprint density at radius 2 is 1.69 bits per heavy atom. The van der Waals surface area contributed by atoms with Crippen LogP contribution in [0.3, 0.4) is 0 Å². The third-order valence-corrected chi connectivity index (χ3v) is 5.28. The van der Waals surface area contributed by atoms with Crippen LogP contribution in [0.2, 0.25) is 0 Å². The minimum atomic E-state index is 0.622. The third-order valence-electron chi connectivity index (χ3n) is 5.28. The van der Waals surface area contributed by atoms with E-state index < -0.39 is 0 Å². The van der Waals surface area contributed by atoms with Crippen LogP contribution >= 0.6 is 0 Å². The second-order valence-electron chi connectivity index (χ2n) is 7.23. The molecule has 26 heavy (non-hydrogen) atoms. The number of aromatic nitrogens is 2. The summed E-state index contributed by atoms with van der Waals surface area (Å²) < 4.78 is 5.91. The predicted octanol–water partition coefficient (Wildman–Crippen LogP) is 4.50. The number of rotatable bonds is 5. The van der Waals surface area contributed by atoms with Gasteiger partial charge in [-0.05, 0) is 62.4 Å². The Balaban J connectivity index is 1.32. The zero-order valence-corrected chi connectivity index (χ0v) is 15.3. The van der Waals surface area contributed by atoms with E-state index >= 15 is 0 Å². The van der Waals surface area contributed by atoms with Gasteiger partial charge < -0.3 is 4.42 Å². The monoisotopic (exact) mass is 347 g/mol. The van der Waals surface area contributed by atoms with Gasteiger partial charge in [-0.2, -0.15) is 0 Å². The van der Waals surface area contributed by atoms with E-state index in [2.05, 4.69) is 58.4 Å². The van der Waals surface area contributed by atoms with E-state index in [-0.39, 0.29) is 0 Å². The molecule has 4 nitrogen and oxygen atoms in total. The Bertz CT molecular complexity index is 835. The van der Waals surface area contributed by atoms with Crippen LogP contribution in [0, 0.1) is 12.8 Å². The van der Waals surface area contributed by atoms with Crippen molar-refractivity contribution in [3.05, 3.63) is 71.6 Å². The quantitative estimate of drug-likeness (QED) is 0.681. The van der Waals surface area contributed by atoms with E-state index in [1.165, 1.54) is 24.8 Å². The van der Waals surface area contributed by atoms with Gasteiger partial charge >= 0.3 is 0 Å². The van der Waals surface area contributed by atoms with Crippen LogP contribution in [-0.2, 0) is 13.0 Å². The molecule has 1 aromatic heterocycles. The number of hydrogen-bond donors (Lipinski definition) is 0. The van der Waals surface area contributed by atoms with Gasteiger partial charge in [0.25, 0.3) is 0 Å². The molecule has 0 atom stereocenters. The average Bonchev–Trinajstić information content (AvgIpc) is 3.13. The lowest BCUT2D eigenvalue weighted by Gasteiger charge is -2.31. The molecule has 4 rings (SSSR count). The van der Waals surface area contributed by atoms with Crippen molar-refractivity contribution in [2.24, 2.45) is 5.92 Å². The minimum Gasteiger partial charge on any atom is -0.419 e. The molecule has 0 bridgehead atoms. The Morgan fingerprint density at radius 3 is 2.46 bits per heavy atom. The molecule has 0 spiro atoms. The molecule has 0 radical (unpaired) electrons. The Hall–Kier alpha value is -2.46. The molecule has 0 N–H and O–H groups in total. The van der Waals surface area contributed by atoms with Crippen molar-refractivity contribution in [3.63, 3.8) is 0 Å². The van der Waals surface area contributed by atoms with E-state index in [4.69, 9.17) is 4.42 Å². The van der Waals surface area contributed by atoms with Gasteiger partial charge in [0.05, 0.1) is 6.54 Å². The summed E-state index contributed by atoms with van der Waals surface area (Å²) in [5.74, 6) is 2.11. The smallest absolute Gasteiger partial charge is 0.248 e. The van der Waals surface area contributed by atoms with Gasteiger partial charge in [0, 0.05) is 5.56 Å².